The van der Waals surface area contributed by atoms with Gasteiger partial charge in [-0.2, -0.15) is 0 Å². The molecule has 18 heavy (non-hydrogen) atoms. The van der Waals surface area contributed by atoms with E-state index in [4.69, 9.17) is 5.84 Å². The van der Waals surface area contributed by atoms with Gasteiger partial charge in [0.2, 0.25) is 0 Å². The van der Waals surface area contributed by atoms with Crippen LogP contribution in [0.5, 0.6) is 0 Å². The summed E-state index contributed by atoms with van der Waals surface area (Å²) in [7, 11) is 1.85. The Bertz CT molecular complexity index is 539. The first-order valence-electron chi connectivity index (χ1n) is 5.48. The zero-order valence-corrected chi connectivity index (χ0v) is 9.90. The van der Waals surface area contributed by atoms with Gasteiger partial charge in [-0.15, -0.1) is 0 Å². The molecule has 3 N–H and O–H groups in total. The number of nitrogens with one attached hydrogen (secondary N) is 1. The molecule has 1 heterocycles. The maximum absolute atomic E-state index is 13.1. The molecule has 2 aromatic rings. The van der Waals surface area contributed by atoms with Gasteiger partial charge in [0.15, 0.2) is 11.6 Å². The van der Waals surface area contributed by atoms with E-state index in [0.29, 0.717) is 12.0 Å². The predicted molar refractivity (Wildman–Crippen MR) is 63.3 cm³/mol. The summed E-state index contributed by atoms with van der Waals surface area (Å²) in [6.07, 6.45) is 3.79. The van der Waals surface area contributed by atoms with Gasteiger partial charge in [0.1, 0.15) is 0 Å². The van der Waals surface area contributed by atoms with Crippen molar-refractivity contribution in [3.05, 3.63) is 53.6 Å². The molecule has 0 bridgehead atoms. The topological polar surface area (TPSA) is 55.9 Å². The summed E-state index contributed by atoms with van der Waals surface area (Å²) in [6.45, 7) is 0. The van der Waals surface area contributed by atoms with E-state index in [1.165, 1.54) is 6.07 Å². The normalized spacial score (nSPS) is 12.7. The zero-order chi connectivity index (χ0) is 13.1. The molecule has 6 heteroatoms. The Hall–Kier alpha value is -1.79. The summed E-state index contributed by atoms with van der Waals surface area (Å²) in [5.74, 6) is 3.79. The Morgan fingerprint density at radius 1 is 1.39 bits per heavy atom. The van der Waals surface area contributed by atoms with Crippen molar-refractivity contribution >= 4 is 0 Å². The lowest BCUT2D eigenvalue weighted by molar-refractivity contribution is 0.498. The molecule has 0 saturated heterocycles. The van der Waals surface area contributed by atoms with E-state index in [2.05, 4.69) is 10.4 Å². The highest BCUT2D eigenvalue weighted by Crippen LogP contribution is 2.18. The van der Waals surface area contributed by atoms with Crippen LogP contribution in [-0.2, 0) is 13.5 Å². The highest BCUT2D eigenvalue weighted by molar-refractivity contribution is 5.20. The molecule has 1 atom stereocenters. The standard InChI is InChI=1S/C12H14F2N4/c1-18-7-16-6-12(18)11(17-15)5-8-2-3-9(13)10(14)4-8/h2-4,6-7,11,17H,5,15H2,1H3. The number of halogens is 2. The molecule has 1 unspecified atom stereocenters. The monoisotopic (exact) mass is 252 g/mol. The van der Waals surface area contributed by atoms with Gasteiger partial charge in [-0.3, -0.25) is 11.3 Å². The number of imidazole rings is 1. The smallest absolute Gasteiger partial charge is 0.159 e. The lowest BCUT2D eigenvalue weighted by atomic mass is 10.0. The van der Waals surface area contributed by atoms with Crippen molar-refractivity contribution in [1.29, 1.82) is 0 Å². The average Bonchev–Trinajstić information content (AvgIpc) is 2.77. The minimum Gasteiger partial charge on any atom is -0.336 e. The van der Waals surface area contributed by atoms with E-state index in [1.54, 1.807) is 18.6 Å². The van der Waals surface area contributed by atoms with Crippen LogP contribution in [0.1, 0.15) is 17.3 Å². The largest absolute Gasteiger partial charge is 0.336 e. The van der Waals surface area contributed by atoms with Gasteiger partial charge in [0.25, 0.3) is 0 Å². The van der Waals surface area contributed by atoms with Gasteiger partial charge in [0.05, 0.1) is 18.1 Å². The number of rotatable bonds is 4. The lowest BCUT2D eigenvalue weighted by Crippen LogP contribution is -2.30. The van der Waals surface area contributed by atoms with Crippen molar-refractivity contribution in [2.75, 3.05) is 0 Å². The van der Waals surface area contributed by atoms with Crippen molar-refractivity contribution in [3.8, 4) is 0 Å². The highest BCUT2D eigenvalue weighted by Gasteiger charge is 2.14. The number of hydrazine groups is 1. The molecule has 1 aromatic heterocycles. The number of hydrogen-bond donors (Lipinski definition) is 2. The summed E-state index contributed by atoms with van der Waals surface area (Å²) in [5, 5.41) is 0. The van der Waals surface area contributed by atoms with E-state index in [-0.39, 0.29) is 6.04 Å². The van der Waals surface area contributed by atoms with Crippen LogP contribution >= 0.6 is 0 Å². The minimum atomic E-state index is -0.853. The van der Waals surface area contributed by atoms with Gasteiger partial charge < -0.3 is 4.57 Å². The van der Waals surface area contributed by atoms with Gasteiger partial charge in [-0.25, -0.2) is 13.8 Å². The van der Waals surface area contributed by atoms with Crippen LogP contribution in [0.4, 0.5) is 8.78 Å². The molecule has 0 spiro atoms. The Morgan fingerprint density at radius 3 is 2.72 bits per heavy atom. The maximum atomic E-state index is 13.1. The molecule has 0 aliphatic rings. The number of nitrogens with two attached hydrogens (primary N) is 1. The summed E-state index contributed by atoms with van der Waals surface area (Å²) in [4.78, 5) is 4.00. The predicted octanol–water partition coefficient (Wildman–Crippen LogP) is 1.45. The number of benzene rings is 1. The first-order chi connectivity index (χ1) is 8.61. The number of aromatic nitrogens is 2. The first kappa shape index (κ1) is 12.7. The third-order valence-electron chi connectivity index (χ3n) is 2.84. The Morgan fingerprint density at radius 2 is 2.17 bits per heavy atom. The van der Waals surface area contributed by atoms with E-state index >= 15 is 0 Å². The van der Waals surface area contributed by atoms with Crippen molar-refractivity contribution in [3.63, 3.8) is 0 Å². The molecular formula is C12H14F2N4. The SMILES string of the molecule is Cn1cncc1C(Cc1ccc(F)c(F)c1)NN. The van der Waals surface area contributed by atoms with Gasteiger partial charge in [-0.1, -0.05) is 6.07 Å². The van der Waals surface area contributed by atoms with Crippen LogP contribution in [-0.4, -0.2) is 9.55 Å². The van der Waals surface area contributed by atoms with Crippen LogP contribution in [0, 0.1) is 11.6 Å². The Kier molecular flexibility index (Phi) is 3.69. The summed E-state index contributed by atoms with van der Waals surface area (Å²) >= 11 is 0. The maximum Gasteiger partial charge on any atom is 0.159 e. The summed E-state index contributed by atoms with van der Waals surface area (Å²) < 4.78 is 27.8. The van der Waals surface area contributed by atoms with Crippen LogP contribution in [0.3, 0.4) is 0 Å². The molecule has 4 nitrogen and oxygen atoms in total. The second-order valence-corrected chi connectivity index (χ2v) is 4.10. The van der Waals surface area contributed by atoms with Gasteiger partial charge in [0, 0.05) is 13.2 Å². The molecule has 1 aromatic carbocycles. The second-order valence-electron chi connectivity index (χ2n) is 4.10. The second kappa shape index (κ2) is 5.24. The zero-order valence-electron chi connectivity index (χ0n) is 9.90. The van der Waals surface area contributed by atoms with Crippen molar-refractivity contribution in [2.45, 2.75) is 12.5 Å². The fourth-order valence-corrected chi connectivity index (χ4v) is 1.85. The Labute approximate surface area is 103 Å². The van der Waals surface area contributed by atoms with E-state index in [1.807, 2.05) is 11.6 Å². The first-order valence-corrected chi connectivity index (χ1v) is 5.48. The average molecular weight is 252 g/mol. The third-order valence-corrected chi connectivity index (χ3v) is 2.84. The molecule has 96 valence electrons. The molecule has 0 saturated carbocycles. The minimum absolute atomic E-state index is 0.206. The fourth-order valence-electron chi connectivity index (χ4n) is 1.85. The Balaban J connectivity index is 2.20. The third kappa shape index (κ3) is 2.55. The molecule has 0 aliphatic carbocycles. The molecule has 0 fully saturated rings. The van der Waals surface area contributed by atoms with E-state index in [0.717, 1.165) is 11.8 Å². The van der Waals surface area contributed by atoms with Gasteiger partial charge in [-0.05, 0) is 24.1 Å². The van der Waals surface area contributed by atoms with Crippen LogP contribution in [0.2, 0.25) is 0 Å². The number of hydrogen-bond acceptors (Lipinski definition) is 3. The molecule has 0 aliphatic heterocycles. The van der Waals surface area contributed by atoms with Crippen molar-refractivity contribution < 1.29 is 8.78 Å². The molecular weight excluding hydrogens is 238 g/mol. The molecule has 2 rings (SSSR count). The molecule has 0 amide bonds. The summed E-state index contributed by atoms with van der Waals surface area (Å²) in [5.41, 5.74) is 4.19. The van der Waals surface area contributed by atoms with Crippen molar-refractivity contribution in [1.82, 2.24) is 15.0 Å². The number of nitrogens with zero attached hydrogens (tertiary/aromatic N) is 2. The van der Waals surface area contributed by atoms with Crippen LogP contribution in [0.15, 0.2) is 30.7 Å². The number of aryl methyl sites for hydroxylation is 1. The highest BCUT2D eigenvalue weighted by atomic mass is 19.2. The van der Waals surface area contributed by atoms with E-state index in [9.17, 15) is 8.78 Å². The van der Waals surface area contributed by atoms with Crippen molar-refractivity contribution in [2.24, 2.45) is 12.9 Å². The van der Waals surface area contributed by atoms with Crippen LogP contribution in [0.25, 0.3) is 0 Å². The van der Waals surface area contributed by atoms with Gasteiger partial charge >= 0.3 is 0 Å². The fraction of sp³-hybridized carbons (Fsp3) is 0.250. The quantitative estimate of drug-likeness (QED) is 0.639. The molecule has 0 radical (unpaired) electrons. The van der Waals surface area contributed by atoms with Crippen LogP contribution < -0.4 is 11.3 Å². The summed E-state index contributed by atoms with van der Waals surface area (Å²) in [6, 6.07) is 3.62. The van der Waals surface area contributed by atoms with E-state index < -0.39 is 11.6 Å². The lowest BCUT2D eigenvalue weighted by Gasteiger charge is -2.16.